The zero-order chi connectivity index (χ0) is 15.5. The maximum Gasteiger partial charge on any atom is 0.251 e. The van der Waals surface area contributed by atoms with E-state index < -0.39 is 6.04 Å². The van der Waals surface area contributed by atoms with Gasteiger partial charge in [0.05, 0.1) is 16.8 Å². The van der Waals surface area contributed by atoms with Crippen LogP contribution in [0.1, 0.15) is 31.1 Å². The molecule has 5 nitrogen and oxygen atoms in total. The molecule has 0 fully saturated rings. The molecule has 0 aliphatic rings. The Labute approximate surface area is 123 Å². The molecule has 0 heterocycles. The molecule has 110 valence electrons. The summed E-state index contributed by atoms with van der Waals surface area (Å²) in [7, 11) is 1.53. The van der Waals surface area contributed by atoms with Crippen molar-refractivity contribution < 1.29 is 9.59 Å². The number of nitrogens with two attached hydrogens (primary N) is 1. The largest absolute Gasteiger partial charge is 0.355 e. The van der Waals surface area contributed by atoms with E-state index in [4.69, 9.17) is 17.3 Å². The molecule has 4 N–H and O–H groups in total. The third-order valence-electron chi connectivity index (χ3n) is 2.93. The Morgan fingerprint density at radius 2 is 1.90 bits per heavy atom. The first-order valence-electron chi connectivity index (χ1n) is 6.25. The number of halogens is 1. The highest BCUT2D eigenvalue weighted by molar-refractivity contribution is 6.34. The molecule has 0 saturated carbocycles. The minimum Gasteiger partial charge on any atom is -0.355 e. The van der Waals surface area contributed by atoms with Gasteiger partial charge in [0, 0.05) is 12.6 Å². The molecule has 0 aromatic heterocycles. The summed E-state index contributed by atoms with van der Waals surface area (Å²) in [5.74, 6) is -0.592. The van der Waals surface area contributed by atoms with Gasteiger partial charge >= 0.3 is 0 Å². The van der Waals surface area contributed by atoms with E-state index in [9.17, 15) is 9.59 Å². The van der Waals surface area contributed by atoms with E-state index >= 15 is 0 Å². The monoisotopic (exact) mass is 297 g/mol. The van der Waals surface area contributed by atoms with Gasteiger partial charge in [-0.3, -0.25) is 9.59 Å². The molecule has 0 unspecified atom stereocenters. The Morgan fingerprint density at radius 3 is 2.40 bits per heavy atom. The summed E-state index contributed by atoms with van der Waals surface area (Å²) in [5, 5.41) is 5.52. The van der Waals surface area contributed by atoms with Gasteiger partial charge in [-0.2, -0.15) is 0 Å². The predicted octanol–water partition coefficient (Wildman–Crippen LogP) is 2.01. The van der Waals surface area contributed by atoms with Gasteiger partial charge in [0.25, 0.3) is 5.91 Å². The molecule has 2 amide bonds. The average Bonchev–Trinajstić information content (AvgIpc) is 2.38. The van der Waals surface area contributed by atoms with E-state index in [1.165, 1.54) is 13.1 Å². The lowest BCUT2D eigenvalue weighted by Gasteiger charge is -2.26. The number of hydrogen-bond acceptors (Lipinski definition) is 3. The van der Waals surface area contributed by atoms with E-state index in [0.29, 0.717) is 16.3 Å². The van der Waals surface area contributed by atoms with Crippen molar-refractivity contribution in [2.75, 3.05) is 12.4 Å². The summed E-state index contributed by atoms with van der Waals surface area (Å²) in [4.78, 5) is 23.6. The van der Waals surface area contributed by atoms with Gasteiger partial charge in [0.15, 0.2) is 0 Å². The second-order valence-electron chi connectivity index (χ2n) is 5.61. The summed E-state index contributed by atoms with van der Waals surface area (Å²) in [6, 6.07) is 3.99. The molecule has 20 heavy (non-hydrogen) atoms. The van der Waals surface area contributed by atoms with E-state index in [0.717, 1.165) is 0 Å². The van der Waals surface area contributed by atoms with Crippen LogP contribution in [0.3, 0.4) is 0 Å². The van der Waals surface area contributed by atoms with Crippen LogP contribution in [0.2, 0.25) is 5.02 Å². The number of anilines is 1. The Balaban J connectivity index is 2.97. The molecule has 0 aliphatic heterocycles. The molecule has 1 rings (SSSR count). The molecule has 1 aromatic rings. The van der Waals surface area contributed by atoms with Crippen LogP contribution in [0.5, 0.6) is 0 Å². The lowest BCUT2D eigenvalue weighted by Crippen LogP contribution is -2.45. The topological polar surface area (TPSA) is 84.2 Å². The Hall–Kier alpha value is -1.59. The number of carbonyl (C=O) groups excluding carboxylic acids is 2. The second kappa shape index (κ2) is 6.24. The maximum absolute atomic E-state index is 12.1. The van der Waals surface area contributed by atoms with E-state index in [-0.39, 0.29) is 17.2 Å². The molecule has 0 spiro atoms. The van der Waals surface area contributed by atoms with Crippen LogP contribution in [0.25, 0.3) is 0 Å². The summed E-state index contributed by atoms with van der Waals surface area (Å²) in [5.41, 5.74) is 6.30. The number of benzene rings is 1. The van der Waals surface area contributed by atoms with Crippen molar-refractivity contribution in [1.82, 2.24) is 5.32 Å². The van der Waals surface area contributed by atoms with Gasteiger partial charge in [-0.1, -0.05) is 32.4 Å². The summed E-state index contributed by atoms with van der Waals surface area (Å²) >= 11 is 6.02. The van der Waals surface area contributed by atoms with Crippen molar-refractivity contribution in [3.05, 3.63) is 28.8 Å². The first-order chi connectivity index (χ1) is 9.16. The van der Waals surface area contributed by atoms with Gasteiger partial charge in [0.2, 0.25) is 5.91 Å². The lowest BCUT2D eigenvalue weighted by molar-refractivity contribution is -0.119. The third kappa shape index (κ3) is 3.95. The quantitative estimate of drug-likeness (QED) is 0.798. The minimum absolute atomic E-state index is 0.253. The maximum atomic E-state index is 12.1. The average molecular weight is 298 g/mol. The standard InChI is InChI=1S/C14H20ClN3O2/c1-14(2,3)11(16)13(20)18-10-7-8(12(19)17-4)5-6-9(10)15/h5-7,11H,16H2,1-4H3,(H,17,19)(H,18,20)/t11-/m1/s1. The van der Waals surface area contributed by atoms with Gasteiger partial charge in [-0.05, 0) is 23.6 Å². The van der Waals surface area contributed by atoms with E-state index in [1.54, 1.807) is 12.1 Å². The molecular weight excluding hydrogens is 278 g/mol. The highest BCUT2D eigenvalue weighted by atomic mass is 35.5. The number of hydrogen-bond donors (Lipinski definition) is 3. The fraction of sp³-hybridized carbons (Fsp3) is 0.429. The molecule has 0 aliphatic carbocycles. The third-order valence-corrected chi connectivity index (χ3v) is 3.26. The predicted molar refractivity (Wildman–Crippen MR) is 80.9 cm³/mol. The van der Waals surface area contributed by atoms with Crippen LogP contribution < -0.4 is 16.4 Å². The van der Waals surface area contributed by atoms with Crippen molar-refractivity contribution in [2.45, 2.75) is 26.8 Å². The van der Waals surface area contributed by atoms with Crippen LogP contribution in [-0.4, -0.2) is 24.9 Å². The fourth-order valence-corrected chi connectivity index (χ4v) is 1.68. The van der Waals surface area contributed by atoms with Crippen LogP contribution in [-0.2, 0) is 4.79 Å². The van der Waals surface area contributed by atoms with Gasteiger partial charge < -0.3 is 16.4 Å². The molecule has 0 saturated heterocycles. The van der Waals surface area contributed by atoms with E-state index in [2.05, 4.69) is 10.6 Å². The van der Waals surface area contributed by atoms with Gasteiger partial charge in [0.1, 0.15) is 0 Å². The Morgan fingerprint density at radius 1 is 1.30 bits per heavy atom. The van der Waals surface area contributed by atoms with Crippen molar-refractivity contribution >= 4 is 29.1 Å². The van der Waals surface area contributed by atoms with Crippen molar-refractivity contribution in [2.24, 2.45) is 11.1 Å². The number of nitrogens with one attached hydrogen (secondary N) is 2. The first kappa shape index (κ1) is 16.5. The van der Waals surface area contributed by atoms with Crippen LogP contribution in [0, 0.1) is 5.41 Å². The Kier molecular flexibility index (Phi) is 5.14. The highest BCUT2D eigenvalue weighted by Crippen LogP contribution is 2.25. The molecule has 6 heteroatoms. The summed E-state index contributed by atoms with van der Waals surface area (Å²) in [6.45, 7) is 5.62. The van der Waals surface area contributed by atoms with Gasteiger partial charge in [-0.25, -0.2) is 0 Å². The normalized spacial score (nSPS) is 12.7. The first-order valence-corrected chi connectivity index (χ1v) is 6.62. The fourth-order valence-electron chi connectivity index (χ4n) is 1.51. The van der Waals surface area contributed by atoms with Crippen molar-refractivity contribution in [1.29, 1.82) is 0 Å². The SMILES string of the molecule is CNC(=O)c1ccc(Cl)c(NC(=O)[C@@H](N)C(C)(C)C)c1. The number of rotatable bonds is 3. The van der Waals surface area contributed by atoms with Gasteiger partial charge in [-0.15, -0.1) is 0 Å². The lowest BCUT2D eigenvalue weighted by atomic mass is 9.87. The number of carbonyl (C=O) groups is 2. The summed E-state index contributed by atoms with van der Waals surface area (Å²) in [6.07, 6.45) is 0. The zero-order valence-corrected chi connectivity index (χ0v) is 12.8. The molecule has 0 bridgehead atoms. The van der Waals surface area contributed by atoms with Crippen LogP contribution in [0.15, 0.2) is 18.2 Å². The van der Waals surface area contributed by atoms with Crippen molar-refractivity contribution in [3.63, 3.8) is 0 Å². The zero-order valence-electron chi connectivity index (χ0n) is 12.1. The molecule has 1 atom stereocenters. The smallest absolute Gasteiger partial charge is 0.251 e. The second-order valence-corrected chi connectivity index (χ2v) is 6.01. The highest BCUT2D eigenvalue weighted by Gasteiger charge is 2.27. The molecule has 1 aromatic carbocycles. The summed E-state index contributed by atoms with van der Waals surface area (Å²) < 4.78 is 0. The number of amides is 2. The molecule has 0 radical (unpaired) electrons. The molecular formula is C14H20ClN3O2. The van der Waals surface area contributed by atoms with Crippen LogP contribution in [0.4, 0.5) is 5.69 Å². The van der Waals surface area contributed by atoms with Crippen LogP contribution >= 0.6 is 11.6 Å². The van der Waals surface area contributed by atoms with Crippen molar-refractivity contribution in [3.8, 4) is 0 Å². The Bertz CT molecular complexity index is 524. The minimum atomic E-state index is -0.678. The van der Waals surface area contributed by atoms with E-state index in [1.807, 2.05) is 20.8 Å².